The Balaban J connectivity index is 2.08. The van der Waals surface area contributed by atoms with Crippen molar-refractivity contribution in [2.75, 3.05) is 19.8 Å². The summed E-state index contributed by atoms with van der Waals surface area (Å²) in [6.07, 6.45) is 7.10. The fourth-order valence-electron chi connectivity index (χ4n) is 2.62. The van der Waals surface area contributed by atoms with Crippen LogP contribution in [0.4, 0.5) is 0 Å². The van der Waals surface area contributed by atoms with Crippen molar-refractivity contribution in [2.45, 2.75) is 39.5 Å². The van der Waals surface area contributed by atoms with Crippen LogP contribution < -0.4 is 0 Å². The highest BCUT2D eigenvalue weighted by atomic mass is 16.5. The zero-order valence-corrected chi connectivity index (χ0v) is 17.1. The normalized spacial score (nSPS) is 12.5. The molecule has 27 heavy (non-hydrogen) atoms. The summed E-state index contributed by atoms with van der Waals surface area (Å²) in [5, 5.41) is 0. The van der Waals surface area contributed by atoms with E-state index < -0.39 is 0 Å². The third-order valence-corrected chi connectivity index (χ3v) is 4.23. The van der Waals surface area contributed by atoms with E-state index in [0.717, 1.165) is 31.0 Å². The van der Waals surface area contributed by atoms with E-state index in [-0.39, 0.29) is 5.41 Å². The molecular formula is C25H32O2. The molecular weight excluding hydrogens is 332 g/mol. The van der Waals surface area contributed by atoms with E-state index in [4.69, 9.17) is 9.47 Å². The van der Waals surface area contributed by atoms with Crippen LogP contribution in [0.2, 0.25) is 0 Å². The fourth-order valence-corrected chi connectivity index (χ4v) is 2.62. The average Bonchev–Trinajstić information content (AvgIpc) is 2.66. The molecule has 2 aromatic rings. The first-order valence-corrected chi connectivity index (χ1v) is 9.75. The molecule has 0 amide bonds. The molecule has 0 N–H and O–H groups in total. The molecule has 0 aliphatic carbocycles. The van der Waals surface area contributed by atoms with Crippen molar-refractivity contribution >= 4 is 12.2 Å². The second kappa shape index (κ2) is 10.7. The van der Waals surface area contributed by atoms with Crippen molar-refractivity contribution in [2.24, 2.45) is 0 Å². The van der Waals surface area contributed by atoms with Gasteiger partial charge < -0.3 is 9.47 Å². The maximum atomic E-state index is 5.99. The van der Waals surface area contributed by atoms with Crippen LogP contribution in [-0.4, -0.2) is 19.8 Å². The molecule has 0 aliphatic heterocycles. The predicted molar refractivity (Wildman–Crippen MR) is 116 cm³/mol. The quantitative estimate of drug-likeness (QED) is 0.288. The molecule has 144 valence electrons. The van der Waals surface area contributed by atoms with Crippen molar-refractivity contribution < 1.29 is 9.47 Å². The average molecular weight is 365 g/mol. The Hall–Kier alpha value is -2.32. The summed E-state index contributed by atoms with van der Waals surface area (Å²) in [4.78, 5) is 0. The third-order valence-electron chi connectivity index (χ3n) is 4.23. The van der Waals surface area contributed by atoms with Gasteiger partial charge in [0.15, 0.2) is 0 Å². The van der Waals surface area contributed by atoms with Gasteiger partial charge in [0.05, 0.1) is 6.61 Å². The van der Waals surface area contributed by atoms with E-state index >= 15 is 0 Å². The Morgan fingerprint density at radius 3 is 2.22 bits per heavy atom. The predicted octanol–water partition coefficient (Wildman–Crippen LogP) is 6.48. The zero-order chi connectivity index (χ0) is 19.5. The van der Waals surface area contributed by atoms with Gasteiger partial charge in [0, 0.05) is 19.6 Å². The summed E-state index contributed by atoms with van der Waals surface area (Å²) in [5.41, 5.74) is 3.81. The van der Waals surface area contributed by atoms with Crippen LogP contribution >= 0.6 is 0 Å². The number of rotatable bonds is 9. The molecule has 0 radical (unpaired) electrons. The molecule has 0 saturated heterocycles. The molecule has 2 heteroatoms. The lowest BCUT2D eigenvalue weighted by Crippen LogP contribution is -2.10. The number of ether oxygens (including phenoxy) is 2. The third kappa shape index (κ3) is 7.84. The molecule has 0 aromatic heterocycles. The van der Waals surface area contributed by atoms with Gasteiger partial charge in [0.1, 0.15) is 5.76 Å². The monoisotopic (exact) mass is 364 g/mol. The van der Waals surface area contributed by atoms with Gasteiger partial charge in [0.25, 0.3) is 0 Å². The van der Waals surface area contributed by atoms with Crippen LogP contribution in [0.15, 0.2) is 66.4 Å². The molecule has 0 saturated carbocycles. The van der Waals surface area contributed by atoms with Gasteiger partial charge in [-0.05, 0) is 41.2 Å². The van der Waals surface area contributed by atoms with Gasteiger partial charge >= 0.3 is 0 Å². The Morgan fingerprint density at radius 2 is 1.59 bits per heavy atom. The van der Waals surface area contributed by atoms with Crippen LogP contribution in [-0.2, 0) is 14.9 Å². The fraction of sp³-hybridized carbons (Fsp3) is 0.360. The van der Waals surface area contributed by atoms with E-state index in [0.29, 0.717) is 6.61 Å². The molecule has 0 heterocycles. The van der Waals surface area contributed by atoms with Gasteiger partial charge in [0.2, 0.25) is 0 Å². The highest BCUT2D eigenvalue weighted by Crippen LogP contribution is 2.22. The van der Waals surface area contributed by atoms with E-state index in [2.05, 4.69) is 69.3 Å². The minimum atomic E-state index is 0.171. The van der Waals surface area contributed by atoms with E-state index in [1.165, 1.54) is 11.1 Å². The second-order valence-corrected chi connectivity index (χ2v) is 7.56. The standard InChI is InChI=1S/C25H32O2/c1-5-26-18-9-19-27-24(20-22-10-7-6-8-11-22)17-14-21-12-15-23(16-13-21)25(2,3)4/h6-8,10-17,20H,5,9,18-19H2,1-4H3. The molecule has 0 aliphatic rings. The minimum absolute atomic E-state index is 0.171. The van der Waals surface area contributed by atoms with Crippen molar-refractivity contribution in [1.29, 1.82) is 0 Å². The van der Waals surface area contributed by atoms with E-state index in [1.807, 2.05) is 31.2 Å². The molecule has 0 fully saturated rings. The molecule has 2 aromatic carbocycles. The first-order chi connectivity index (χ1) is 13.0. The maximum Gasteiger partial charge on any atom is 0.119 e. The lowest BCUT2D eigenvalue weighted by molar-refractivity contribution is 0.118. The van der Waals surface area contributed by atoms with Gasteiger partial charge in [-0.25, -0.2) is 0 Å². The number of benzene rings is 2. The SMILES string of the molecule is CCOCCCOC(C=Cc1ccc(C(C)(C)C)cc1)=Cc1ccccc1. The zero-order valence-electron chi connectivity index (χ0n) is 17.1. The summed E-state index contributed by atoms with van der Waals surface area (Å²) >= 11 is 0. The summed E-state index contributed by atoms with van der Waals surface area (Å²) in [7, 11) is 0. The van der Waals surface area contributed by atoms with Crippen molar-refractivity contribution in [3.63, 3.8) is 0 Å². The first kappa shape index (κ1) is 21.0. The number of allylic oxidation sites excluding steroid dienone is 1. The van der Waals surface area contributed by atoms with Crippen LogP contribution in [0.25, 0.3) is 12.2 Å². The van der Waals surface area contributed by atoms with Gasteiger partial charge in [-0.2, -0.15) is 0 Å². The lowest BCUT2D eigenvalue weighted by Gasteiger charge is -2.18. The highest BCUT2D eigenvalue weighted by Gasteiger charge is 2.12. The topological polar surface area (TPSA) is 18.5 Å². The smallest absolute Gasteiger partial charge is 0.119 e. The van der Waals surface area contributed by atoms with Crippen LogP contribution in [0, 0.1) is 0 Å². The first-order valence-electron chi connectivity index (χ1n) is 9.75. The molecule has 0 spiro atoms. The van der Waals surface area contributed by atoms with Crippen LogP contribution in [0.1, 0.15) is 50.8 Å². The second-order valence-electron chi connectivity index (χ2n) is 7.56. The summed E-state index contributed by atoms with van der Waals surface area (Å²) in [6.45, 7) is 10.8. The molecule has 0 bridgehead atoms. The van der Waals surface area contributed by atoms with Crippen LogP contribution in [0.3, 0.4) is 0 Å². The minimum Gasteiger partial charge on any atom is -0.493 e. The number of hydrogen-bond donors (Lipinski definition) is 0. The Morgan fingerprint density at radius 1 is 0.889 bits per heavy atom. The van der Waals surface area contributed by atoms with Gasteiger partial charge in [-0.3, -0.25) is 0 Å². The van der Waals surface area contributed by atoms with Gasteiger partial charge in [-0.15, -0.1) is 0 Å². The largest absolute Gasteiger partial charge is 0.493 e. The Kier molecular flexibility index (Phi) is 8.35. The maximum absolute atomic E-state index is 5.99. The molecule has 0 unspecified atom stereocenters. The Bertz CT molecular complexity index is 719. The lowest BCUT2D eigenvalue weighted by atomic mass is 9.87. The van der Waals surface area contributed by atoms with Gasteiger partial charge in [-0.1, -0.05) is 81.4 Å². The van der Waals surface area contributed by atoms with Crippen molar-refractivity contribution in [3.05, 3.63) is 83.1 Å². The summed E-state index contributed by atoms with van der Waals surface area (Å²) in [5.74, 6) is 0.859. The van der Waals surface area contributed by atoms with Crippen molar-refractivity contribution in [1.82, 2.24) is 0 Å². The summed E-state index contributed by atoms with van der Waals surface area (Å²) in [6, 6.07) is 19.0. The van der Waals surface area contributed by atoms with Crippen LogP contribution in [0.5, 0.6) is 0 Å². The van der Waals surface area contributed by atoms with E-state index in [9.17, 15) is 0 Å². The van der Waals surface area contributed by atoms with E-state index in [1.54, 1.807) is 0 Å². The Labute approximate surface area is 164 Å². The highest BCUT2D eigenvalue weighted by molar-refractivity contribution is 5.60. The summed E-state index contributed by atoms with van der Waals surface area (Å²) < 4.78 is 11.4. The molecule has 2 rings (SSSR count). The number of hydrogen-bond acceptors (Lipinski definition) is 2. The molecule has 2 nitrogen and oxygen atoms in total. The molecule has 0 atom stereocenters. The van der Waals surface area contributed by atoms with Crippen molar-refractivity contribution in [3.8, 4) is 0 Å².